The van der Waals surface area contributed by atoms with Gasteiger partial charge in [-0.3, -0.25) is 10.1 Å². The van der Waals surface area contributed by atoms with Crippen LogP contribution in [0.5, 0.6) is 0 Å². The Hall–Kier alpha value is -1.74. The number of halogens is 4. The lowest BCUT2D eigenvalue weighted by Crippen LogP contribution is -2.08. The summed E-state index contributed by atoms with van der Waals surface area (Å²) in [6.07, 6.45) is -4.39. The predicted octanol–water partition coefficient (Wildman–Crippen LogP) is 3.59. The van der Waals surface area contributed by atoms with Gasteiger partial charge in [0.05, 0.1) is 10.5 Å². The number of non-ortho nitro benzene ring substituents is 1. The van der Waals surface area contributed by atoms with Gasteiger partial charge in [-0.1, -0.05) is 11.8 Å². The van der Waals surface area contributed by atoms with E-state index < -0.39 is 27.9 Å². The second-order valence-corrected chi connectivity index (χ2v) is 3.60. The zero-order valence-electron chi connectivity index (χ0n) is 8.92. The molecule has 0 saturated heterocycles. The topological polar surface area (TPSA) is 43.1 Å². The van der Waals surface area contributed by atoms with Crippen LogP contribution in [0.2, 0.25) is 0 Å². The highest BCUT2D eigenvalue weighted by molar-refractivity contribution is 6.18. The normalized spacial score (nSPS) is 10.7. The lowest BCUT2D eigenvalue weighted by atomic mass is 10.1. The standard InChI is InChI=1S/C11H7ClF3NO2/c12-6-2-1-3-8-7-9(16(17)18)4-5-10(8)11(13,14)15/h4-5,7H,2,6H2. The largest absolute Gasteiger partial charge is 0.417 e. The molecule has 0 aromatic heterocycles. The molecule has 0 fully saturated rings. The van der Waals surface area contributed by atoms with E-state index in [-0.39, 0.29) is 12.3 Å². The molecular weight excluding hydrogens is 271 g/mol. The minimum atomic E-state index is -4.60. The van der Waals surface area contributed by atoms with Crippen LogP contribution in [0.25, 0.3) is 0 Å². The van der Waals surface area contributed by atoms with Crippen molar-refractivity contribution in [2.45, 2.75) is 12.6 Å². The van der Waals surface area contributed by atoms with Crippen molar-refractivity contribution < 1.29 is 18.1 Å². The Morgan fingerprint density at radius 2 is 2.06 bits per heavy atom. The highest BCUT2D eigenvalue weighted by Crippen LogP contribution is 2.33. The molecule has 1 aromatic carbocycles. The maximum Gasteiger partial charge on any atom is 0.417 e. The molecule has 3 nitrogen and oxygen atoms in total. The van der Waals surface area contributed by atoms with Gasteiger partial charge in [-0.25, -0.2) is 0 Å². The SMILES string of the molecule is O=[N+]([O-])c1ccc(C(F)(F)F)c(C#CCCCl)c1. The zero-order chi connectivity index (χ0) is 13.8. The van der Waals surface area contributed by atoms with E-state index in [0.717, 1.165) is 12.1 Å². The van der Waals surface area contributed by atoms with Gasteiger partial charge in [0.15, 0.2) is 0 Å². The molecule has 0 atom stereocenters. The molecule has 0 aliphatic heterocycles. The zero-order valence-corrected chi connectivity index (χ0v) is 9.68. The van der Waals surface area contributed by atoms with Gasteiger partial charge in [0.25, 0.3) is 5.69 Å². The van der Waals surface area contributed by atoms with E-state index in [2.05, 4.69) is 11.8 Å². The van der Waals surface area contributed by atoms with Crippen molar-refractivity contribution in [1.29, 1.82) is 0 Å². The second-order valence-electron chi connectivity index (χ2n) is 3.23. The maximum absolute atomic E-state index is 12.6. The van der Waals surface area contributed by atoms with Crippen molar-refractivity contribution in [2.24, 2.45) is 0 Å². The molecule has 18 heavy (non-hydrogen) atoms. The van der Waals surface area contributed by atoms with Crippen LogP contribution >= 0.6 is 11.6 Å². The second kappa shape index (κ2) is 5.74. The number of hydrogen-bond acceptors (Lipinski definition) is 2. The predicted molar refractivity (Wildman–Crippen MR) is 60.3 cm³/mol. The van der Waals surface area contributed by atoms with Gasteiger partial charge in [-0.2, -0.15) is 13.2 Å². The summed E-state index contributed by atoms with van der Waals surface area (Å²) in [5.74, 6) is 4.87. The maximum atomic E-state index is 12.6. The van der Waals surface area contributed by atoms with Crippen LogP contribution < -0.4 is 0 Å². The third kappa shape index (κ3) is 3.64. The van der Waals surface area contributed by atoms with E-state index in [1.54, 1.807) is 0 Å². The molecule has 0 aliphatic carbocycles. The fourth-order valence-electron chi connectivity index (χ4n) is 1.20. The number of nitro groups is 1. The molecule has 0 aliphatic rings. The molecule has 1 rings (SSSR count). The average molecular weight is 278 g/mol. The van der Waals surface area contributed by atoms with Crippen molar-refractivity contribution in [2.75, 3.05) is 5.88 Å². The Labute approximate surface area is 106 Å². The number of benzene rings is 1. The molecule has 0 unspecified atom stereocenters. The van der Waals surface area contributed by atoms with Gasteiger partial charge in [0.1, 0.15) is 0 Å². The summed E-state index contributed by atoms with van der Waals surface area (Å²) < 4.78 is 37.9. The van der Waals surface area contributed by atoms with Crippen LogP contribution in [0.3, 0.4) is 0 Å². The van der Waals surface area contributed by atoms with E-state index in [0.29, 0.717) is 6.07 Å². The molecule has 0 heterocycles. The smallest absolute Gasteiger partial charge is 0.258 e. The summed E-state index contributed by atoms with van der Waals surface area (Å²) in [6, 6.07) is 2.27. The van der Waals surface area contributed by atoms with E-state index in [9.17, 15) is 23.3 Å². The number of nitrogens with zero attached hydrogens (tertiary/aromatic N) is 1. The van der Waals surface area contributed by atoms with E-state index in [4.69, 9.17) is 11.6 Å². The summed E-state index contributed by atoms with van der Waals surface area (Å²) >= 11 is 5.35. The van der Waals surface area contributed by atoms with Crippen LogP contribution in [0, 0.1) is 22.0 Å². The Balaban J connectivity index is 3.28. The van der Waals surface area contributed by atoms with Gasteiger partial charge in [-0.15, -0.1) is 11.6 Å². The number of alkyl halides is 4. The summed E-state index contributed by atoms with van der Waals surface area (Å²) in [5.41, 5.74) is -1.84. The van der Waals surface area contributed by atoms with Crippen molar-refractivity contribution in [3.05, 3.63) is 39.4 Å². The van der Waals surface area contributed by atoms with E-state index in [1.165, 1.54) is 0 Å². The molecule has 0 spiro atoms. The van der Waals surface area contributed by atoms with Crippen LogP contribution in [0.1, 0.15) is 17.5 Å². The minimum absolute atomic E-state index is 0.184. The Kier molecular flexibility index (Phi) is 4.56. The van der Waals surface area contributed by atoms with Gasteiger partial charge >= 0.3 is 6.18 Å². The molecule has 0 bridgehead atoms. The summed E-state index contributed by atoms with van der Waals surface area (Å²) in [6.45, 7) is 0. The van der Waals surface area contributed by atoms with Crippen LogP contribution in [0.15, 0.2) is 18.2 Å². The molecular formula is C11H7ClF3NO2. The first-order chi connectivity index (χ1) is 8.36. The monoisotopic (exact) mass is 277 g/mol. The first kappa shape index (κ1) is 14.3. The highest BCUT2D eigenvalue weighted by atomic mass is 35.5. The van der Waals surface area contributed by atoms with Gasteiger partial charge in [0.2, 0.25) is 0 Å². The quantitative estimate of drug-likeness (QED) is 0.359. The third-order valence-corrected chi connectivity index (χ3v) is 2.15. The van der Waals surface area contributed by atoms with Crippen molar-refractivity contribution in [1.82, 2.24) is 0 Å². The molecule has 96 valence electrons. The molecule has 0 radical (unpaired) electrons. The van der Waals surface area contributed by atoms with E-state index >= 15 is 0 Å². The summed E-state index contributed by atoms with van der Waals surface area (Å²) in [5, 5.41) is 10.5. The van der Waals surface area contributed by atoms with Crippen LogP contribution in [0.4, 0.5) is 18.9 Å². The Morgan fingerprint density at radius 3 is 2.56 bits per heavy atom. The number of hydrogen-bond donors (Lipinski definition) is 0. The Bertz CT molecular complexity index is 517. The third-order valence-electron chi connectivity index (χ3n) is 1.96. The minimum Gasteiger partial charge on any atom is -0.258 e. The Morgan fingerprint density at radius 1 is 1.39 bits per heavy atom. The highest BCUT2D eigenvalue weighted by Gasteiger charge is 2.33. The molecule has 0 saturated carbocycles. The van der Waals surface area contributed by atoms with Crippen molar-refractivity contribution in [3.8, 4) is 11.8 Å². The lowest BCUT2D eigenvalue weighted by Gasteiger charge is -2.08. The fourth-order valence-corrected chi connectivity index (χ4v) is 1.30. The van der Waals surface area contributed by atoms with Crippen molar-refractivity contribution >= 4 is 17.3 Å². The lowest BCUT2D eigenvalue weighted by molar-refractivity contribution is -0.384. The summed E-state index contributed by atoms with van der Waals surface area (Å²) in [4.78, 5) is 9.73. The van der Waals surface area contributed by atoms with Gasteiger partial charge in [-0.05, 0) is 6.07 Å². The van der Waals surface area contributed by atoms with Crippen molar-refractivity contribution in [3.63, 3.8) is 0 Å². The molecule has 0 N–H and O–H groups in total. The summed E-state index contributed by atoms with van der Waals surface area (Å²) in [7, 11) is 0. The fraction of sp³-hybridized carbons (Fsp3) is 0.273. The van der Waals surface area contributed by atoms with Crippen LogP contribution in [-0.4, -0.2) is 10.8 Å². The molecule has 7 heteroatoms. The first-order valence-electron chi connectivity index (χ1n) is 4.76. The average Bonchev–Trinajstić information content (AvgIpc) is 2.27. The van der Waals surface area contributed by atoms with E-state index in [1.807, 2.05) is 0 Å². The van der Waals surface area contributed by atoms with Gasteiger partial charge in [0, 0.05) is 30.0 Å². The first-order valence-corrected chi connectivity index (χ1v) is 5.30. The number of rotatable bonds is 2. The van der Waals surface area contributed by atoms with Crippen LogP contribution in [-0.2, 0) is 6.18 Å². The number of nitro benzene ring substituents is 1. The molecule has 1 aromatic rings. The molecule has 0 amide bonds. The van der Waals surface area contributed by atoms with Gasteiger partial charge < -0.3 is 0 Å².